The van der Waals surface area contributed by atoms with Crippen LogP contribution in [-0.2, 0) is 6.54 Å². The first-order chi connectivity index (χ1) is 7.29. The van der Waals surface area contributed by atoms with Crippen LogP contribution in [0.4, 0.5) is 0 Å². The maximum absolute atomic E-state index is 8.10. The fraction of sp³-hybridized carbons (Fsp3) is 0.500. The summed E-state index contributed by atoms with van der Waals surface area (Å²) < 4.78 is 1.98. The molecule has 15 heavy (non-hydrogen) atoms. The summed E-state index contributed by atoms with van der Waals surface area (Å²) in [6.07, 6.45) is 6.67. The normalized spacial score (nSPS) is 10.5. The molecule has 0 amide bonds. The van der Waals surface area contributed by atoms with E-state index in [1.807, 2.05) is 30.0 Å². The van der Waals surface area contributed by atoms with Crippen molar-refractivity contribution in [3.8, 4) is 0 Å². The molecule has 1 aromatic rings. The van der Waals surface area contributed by atoms with Gasteiger partial charge in [-0.2, -0.15) is 5.10 Å². The van der Waals surface area contributed by atoms with E-state index in [1.54, 1.807) is 0 Å². The van der Waals surface area contributed by atoms with Gasteiger partial charge in [0.25, 0.3) is 0 Å². The van der Waals surface area contributed by atoms with Crippen molar-refractivity contribution in [2.24, 2.45) is 5.11 Å². The molecule has 0 unspecified atom stereocenters. The molecular weight excluding hydrogens is 190 g/mol. The first-order valence-electron chi connectivity index (χ1n) is 4.99. The van der Waals surface area contributed by atoms with Gasteiger partial charge in [0.1, 0.15) is 0 Å². The fourth-order valence-corrected chi connectivity index (χ4v) is 1.33. The van der Waals surface area contributed by atoms with Gasteiger partial charge in [-0.15, -0.1) is 0 Å². The van der Waals surface area contributed by atoms with Gasteiger partial charge in [-0.05, 0) is 18.9 Å². The molecule has 0 bridgehead atoms. The maximum Gasteiger partial charge on any atom is 0.0564 e. The van der Waals surface area contributed by atoms with Crippen molar-refractivity contribution in [2.75, 3.05) is 6.54 Å². The summed E-state index contributed by atoms with van der Waals surface area (Å²) in [6, 6.07) is 0. The van der Waals surface area contributed by atoms with Crippen LogP contribution < -0.4 is 0 Å². The maximum atomic E-state index is 8.10. The molecule has 0 saturated heterocycles. The standard InChI is InChI=1S/C10H15N5/c1-3-7-15-9(2)10(8-13-15)5-4-6-12-14-11/h4-5,8H,3,6-7H2,1-2H3. The summed E-state index contributed by atoms with van der Waals surface area (Å²) in [6.45, 7) is 5.49. The predicted octanol–water partition coefficient (Wildman–Crippen LogP) is 2.93. The SMILES string of the molecule is CCCn1ncc(C=CCN=[N+]=[N-])c1C. The van der Waals surface area contributed by atoms with Crippen molar-refractivity contribution in [1.82, 2.24) is 9.78 Å². The minimum absolute atomic E-state index is 0.384. The van der Waals surface area contributed by atoms with Crippen molar-refractivity contribution in [3.63, 3.8) is 0 Å². The summed E-state index contributed by atoms with van der Waals surface area (Å²) in [7, 11) is 0. The second-order valence-corrected chi connectivity index (χ2v) is 3.22. The quantitative estimate of drug-likeness (QED) is 0.414. The van der Waals surface area contributed by atoms with Crippen LogP contribution in [0.15, 0.2) is 17.4 Å². The van der Waals surface area contributed by atoms with Crippen LogP contribution in [-0.4, -0.2) is 16.3 Å². The Bertz CT molecular complexity index is 385. The molecule has 0 fully saturated rings. The first kappa shape index (κ1) is 11.3. The van der Waals surface area contributed by atoms with Gasteiger partial charge in [0.05, 0.1) is 6.20 Å². The Morgan fingerprint density at radius 2 is 2.47 bits per heavy atom. The summed E-state index contributed by atoms with van der Waals surface area (Å²) in [5.74, 6) is 0. The van der Waals surface area contributed by atoms with Gasteiger partial charge in [0.2, 0.25) is 0 Å². The highest BCUT2D eigenvalue weighted by Crippen LogP contribution is 2.09. The lowest BCUT2D eigenvalue weighted by Gasteiger charge is -2.00. The summed E-state index contributed by atoms with van der Waals surface area (Å²) in [5, 5.41) is 7.69. The van der Waals surface area contributed by atoms with E-state index in [2.05, 4.69) is 22.0 Å². The average molecular weight is 205 g/mol. The minimum atomic E-state index is 0.384. The van der Waals surface area contributed by atoms with Crippen LogP contribution in [0.25, 0.3) is 16.5 Å². The van der Waals surface area contributed by atoms with Crippen molar-refractivity contribution in [1.29, 1.82) is 0 Å². The predicted molar refractivity (Wildman–Crippen MR) is 60.3 cm³/mol. The summed E-state index contributed by atoms with van der Waals surface area (Å²) >= 11 is 0. The van der Waals surface area contributed by atoms with E-state index >= 15 is 0 Å². The molecular formula is C10H15N5. The number of aromatic nitrogens is 2. The average Bonchev–Trinajstić information content (AvgIpc) is 2.57. The van der Waals surface area contributed by atoms with Crippen LogP contribution in [0.2, 0.25) is 0 Å². The molecule has 0 saturated carbocycles. The van der Waals surface area contributed by atoms with E-state index in [4.69, 9.17) is 5.53 Å². The smallest absolute Gasteiger partial charge is 0.0564 e. The molecule has 0 aliphatic heterocycles. The van der Waals surface area contributed by atoms with E-state index in [-0.39, 0.29) is 0 Å². The van der Waals surface area contributed by atoms with E-state index in [1.165, 1.54) is 0 Å². The monoisotopic (exact) mass is 205 g/mol. The first-order valence-corrected chi connectivity index (χ1v) is 4.99. The van der Waals surface area contributed by atoms with Gasteiger partial charge in [0.15, 0.2) is 0 Å². The molecule has 1 heterocycles. The molecule has 0 spiro atoms. The van der Waals surface area contributed by atoms with Crippen LogP contribution in [0.3, 0.4) is 0 Å². The lowest BCUT2D eigenvalue weighted by molar-refractivity contribution is 0.587. The lowest BCUT2D eigenvalue weighted by Crippen LogP contribution is -2.00. The third kappa shape index (κ3) is 3.14. The van der Waals surface area contributed by atoms with Gasteiger partial charge in [-0.3, -0.25) is 4.68 Å². The minimum Gasteiger partial charge on any atom is -0.269 e. The molecule has 80 valence electrons. The molecule has 0 radical (unpaired) electrons. The number of hydrogen-bond donors (Lipinski definition) is 0. The Balaban J connectivity index is 2.69. The van der Waals surface area contributed by atoms with Crippen LogP contribution in [0.5, 0.6) is 0 Å². The Hall–Kier alpha value is -1.74. The number of rotatable bonds is 5. The van der Waals surface area contributed by atoms with Gasteiger partial charge >= 0.3 is 0 Å². The molecule has 5 nitrogen and oxygen atoms in total. The molecule has 0 N–H and O–H groups in total. The molecule has 0 atom stereocenters. The van der Waals surface area contributed by atoms with Crippen LogP contribution in [0.1, 0.15) is 24.6 Å². The number of aryl methyl sites for hydroxylation is 1. The molecule has 0 aliphatic rings. The number of nitrogens with zero attached hydrogens (tertiary/aromatic N) is 5. The molecule has 1 rings (SSSR count). The van der Waals surface area contributed by atoms with Gasteiger partial charge in [-0.1, -0.05) is 24.2 Å². The van der Waals surface area contributed by atoms with Gasteiger partial charge < -0.3 is 0 Å². The Kier molecular flexibility index (Phi) is 4.44. The van der Waals surface area contributed by atoms with Crippen molar-refractivity contribution in [2.45, 2.75) is 26.8 Å². The van der Waals surface area contributed by atoms with Crippen molar-refractivity contribution < 1.29 is 0 Å². The van der Waals surface area contributed by atoms with E-state index in [0.717, 1.165) is 24.2 Å². The molecule has 5 heteroatoms. The van der Waals surface area contributed by atoms with Gasteiger partial charge in [-0.25, -0.2) is 0 Å². The Morgan fingerprint density at radius 3 is 3.13 bits per heavy atom. The summed E-state index contributed by atoms with van der Waals surface area (Å²) in [5.41, 5.74) is 10.3. The van der Waals surface area contributed by atoms with E-state index < -0.39 is 0 Å². The van der Waals surface area contributed by atoms with Crippen molar-refractivity contribution in [3.05, 3.63) is 34.0 Å². The van der Waals surface area contributed by atoms with Crippen LogP contribution >= 0.6 is 0 Å². The zero-order valence-corrected chi connectivity index (χ0v) is 9.09. The third-order valence-corrected chi connectivity index (χ3v) is 2.12. The highest BCUT2D eigenvalue weighted by molar-refractivity contribution is 5.50. The highest BCUT2D eigenvalue weighted by atomic mass is 15.3. The molecule has 0 aromatic carbocycles. The zero-order chi connectivity index (χ0) is 11.1. The highest BCUT2D eigenvalue weighted by Gasteiger charge is 2.01. The number of hydrogen-bond acceptors (Lipinski definition) is 2. The van der Waals surface area contributed by atoms with Gasteiger partial charge in [0, 0.05) is 29.3 Å². The molecule has 1 aromatic heterocycles. The van der Waals surface area contributed by atoms with E-state index in [0.29, 0.717) is 6.54 Å². The summed E-state index contributed by atoms with van der Waals surface area (Å²) in [4.78, 5) is 2.68. The number of azide groups is 1. The second kappa shape index (κ2) is 5.88. The second-order valence-electron chi connectivity index (χ2n) is 3.22. The topological polar surface area (TPSA) is 66.6 Å². The fourth-order valence-electron chi connectivity index (χ4n) is 1.33. The zero-order valence-electron chi connectivity index (χ0n) is 9.09. The third-order valence-electron chi connectivity index (χ3n) is 2.12. The van der Waals surface area contributed by atoms with Crippen LogP contribution in [0, 0.1) is 6.92 Å². The lowest BCUT2D eigenvalue weighted by atomic mass is 10.2. The largest absolute Gasteiger partial charge is 0.269 e. The molecule has 0 aliphatic carbocycles. The Morgan fingerprint density at radius 1 is 1.67 bits per heavy atom. The van der Waals surface area contributed by atoms with E-state index in [9.17, 15) is 0 Å². The van der Waals surface area contributed by atoms with Crippen molar-refractivity contribution >= 4 is 6.08 Å². The Labute approximate surface area is 89.0 Å².